The van der Waals surface area contributed by atoms with Crippen LogP contribution in [0.4, 0.5) is 0 Å². The predicted octanol–water partition coefficient (Wildman–Crippen LogP) is 1.87. The number of ether oxygens (including phenoxy) is 1. The van der Waals surface area contributed by atoms with E-state index in [1.165, 1.54) is 7.11 Å². The largest absolute Gasteiger partial charge is 0.495 e. The molecule has 0 aromatic heterocycles. The van der Waals surface area contributed by atoms with Crippen molar-refractivity contribution in [3.63, 3.8) is 0 Å². The molecular formula is C14H24N2O3S. The molecule has 1 aromatic carbocycles. The summed E-state index contributed by atoms with van der Waals surface area (Å²) in [5.74, 6) is 0.674. The topological polar surface area (TPSA) is 81.4 Å². The van der Waals surface area contributed by atoms with Gasteiger partial charge in [-0.2, -0.15) is 0 Å². The van der Waals surface area contributed by atoms with E-state index >= 15 is 0 Å². The van der Waals surface area contributed by atoms with Gasteiger partial charge in [-0.3, -0.25) is 0 Å². The Morgan fingerprint density at radius 2 is 1.95 bits per heavy atom. The minimum Gasteiger partial charge on any atom is -0.495 e. The smallest absolute Gasteiger partial charge is 0.244 e. The summed E-state index contributed by atoms with van der Waals surface area (Å²) < 4.78 is 32.6. The van der Waals surface area contributed by atoms with Gasteiger partial charge in [-0.15, -0.1) is 0 Å². The minimum absolute atomic E-state index is 0.147. The maximum Gasteiger partial charge on any atom is 0.244 e. The maximum atomic E-state index is 12.4. The summed E-state index contributed by atoms with van der Waals surface area (Å²) >= 11 is 0. The molecule has 0 unspecified atom stereocenters. The van der Waals surface area contributed by atoms with Crippen molar-refractivity contribution >= 4 is 10.0 Å². The number of hydrogen-bond acceptors (Lipinski definition) is 4. The van der Waals surface area contributed by atoms with Gasteiger partial charge in [-0.05, 0) is 23.6 Å². The Labute approximate surface area is 121 Å². The standard InChI is InChI=1S/C14H24N2O3S/c1-4-11(5-2)10-16-20(17,18)14-8-12(9-15)6-7-13(14)19-3/h6-8,11,16H,4-5,9-10,15H2,1-3H3. The average molecular weight is 300 g/mol. The summed E-state index contributed by atoms with van der Waals surface area (Å²) in [5.41, 5.74) is 6.32. The van der Waals surface area contributed by atoms with Crippen LogP contribution in [0.2, 0.25) is 0 Å². The number of methoxy groups -OCH3 is 1. The highest BCUT2D eigenvalue weighted by atomic mass is 32.2. The van der Waals surface area contributed by atoms with Crippen molar-refractivity contribution in [1.29, 1.82) is 0 Å². The molecule has 114 valence electrons. The van der Waals surface area contributed by atoms with Gasteiger partial charge in [-0.25, -0.2) is 13.1 Å². The Balaban J connectivity index is 3.01. The van der Waals surface area contributed by atoms with Gasteiger partial charge in [0.2, 0.25) is 10.0 Å². The molecule has 0 spiro atoms. The third kappa shape index (κ3) is 4.19. The number of benzene rings is 1. The SMILES string of the molecule is CCC(CC)CNS(=O)(=O)c1cc(CN)ccc1OC. The molecule has 0 aliphatic carbocycles. The number of sulfonamides is 1. The molecule has 0 amide bonds. The average Bonchev–Trinajstić information content (AvgIpc) is 2.47. The van der Waals surface area contributed by atoms with Gasteiger partial charge in [0.15, 0.2) is 0 Å². The fourth-order valence-electron chi connectivity index (χ4n) is 1.94. The zero-order valence-electron chi connectivity index (χ0n) is 12.3. The lowest BCUT2D eigenvalue weighted by molar-refractivity contribution is 0.401. The van der Waals surface area contributed by atoms with E-state index in [2.05, 4.69) is 18.6 Å². The van der Waals surface area contributed by atoms with Crippen molar-refractivity contribution in [1.82, 2.24) is 4.72 Å². The second-order valence-corrected chi connectivity index (χ2v) is 6.46. The van der Waals surface area contributed by atoms with E-state index in [1.54, 1.807) is 18.2 Å². The first-order valence-corrected chi connectivity index (χ1v) is 8.33. The van der Waals surface area contributed by atoms with Crippen molar-refractivity contribution in [2.45, 2.75) is 38.1 Å². The molecule has 20 heavy (non-hydrogen) atoms. The summed E-state index contributed by atoms with van der Waals surface area (Å²) in [5, 5.41) is 0. The number of nitrogens with one attached hydrogen (secondary N) is 1. The van der Waals surface area contributed by atoms with Crippen molar-refractivity contribution in [3.8, 4) is 5.75 Å². The number of rotatable bonds is 8. The van der Waals surface area contributed by atoms with E-state index in [1.807, 2.05) is 0 Å². The molecule has 0 aliphatic heterocycles. The van der Waals surface area contributed by atoms with Crippen LogP contribution in [0.3, 0.4) is 0 Å². The zero-order chi connectivity index (χ0) is 15.2. The molecule has 0 saturated carbocycles. The van der Waals surface area contributed by atoms with Gasteiger partial charge in [-0.1, -0.05) is 32.8 Å². The van der Waals surface area contributed by atoms with E-state index in [0.717, 1.165) is 18.4 Å². The summed E-state index contributed by atoms with van der Waals surface area (Å²) in [4.78, 5) is 0.147. The second kappa shape index (κ2) is 7.61. The predicted molar refractivity (Wildman–Crippen MR) is 80.1 cm³/mol. The van der Waals surface area contributed by atoms with Crippen LogP contribution in [-0.4, -0.2) is 22.1 Å². The minimum atomic E-state index is -3.58. The van der Waals surface area contributed by atoms with Crippen LogP contribution in [-0.2, 0) is 16.6 Å². The first kappa shape index (κ1) is 16.9. The van der Waals surface area contributed by atoms with E-state index in [4.69, 9.17) is 10.5 Å². The quantitative estimate of drug-likeness (QED) is 0.768. The fourth-order valence-corrected chi connectivity index (χ4v) is 3.27. The first-order valence-electron chi connectivity index (χ1n) is 6.85. The third-order valence-corrected chi connectivity index (χ3v) is 4.91. The summed E-state index contributed by atoms with van der Waals surface area (Å²) in [6.45, 7) is 4.83. The molecule has 6 heteroatoms. The van der Waals surface area contributed by atoms with Crippen LogP contribution in [0.15, 0.2) is 23.1 Å². The lowest BCUT2D eigenvalue weighted by Crippen LogP contribution is -2.29. The Bertz CT molecular complexity index is 525. The lowest BCUT2D eigenvalue weighted by atomic mass is 10.0. The fraction of sp³-hybridized carbons (Fsp3) is 0.571. The van der Waals surface area contributed by atoms with Crippen molar-refractivity contribution in [2.24, 2.45) is 11.7 Å². The van der Waals surface area contributed by atoms with Crippen LogP contribution in [0, 0.1) is 5.92 Å². The van der Waals surface area contributed by atoms with Gasteiger partial charge in [0.1, 0.15) is 10.6 Å². The highest BCUT2D eigenvalue weighted by Gasteiger charge is 2.20. The van der Waals surface area contributed by atoms with Crippen LogP contribution in [0.5, 0.6) is 5.75 Å². The Hall–Kier alpha value is -1.11. The Kier molecular flexibility index (Phi) is 6.45. The van der Waals surface area contributed by atoms with E-state index in [-0.39, 0.29) is 4.90 Å². The van der Waals surface area contributed by atoms with Crippen molar-refractivity contribution in [3.05, 3.63) is 23.8 Å². The molecule has 0 fully saturated rings. The molecule has 5 nitrogen and oxygen atoms in total. The molecule has 0 radical (unpaired) electrons. The second-order valence-electron chi connectivity index (χ2n) is 4.72. The third-order valence-electron chi connectivity index (χ3n) is 3.47. The van der Waals surface area contributed by atoms with Crippen molar-refractivity contribution in [2.75, 3.05) is 13.7 Å². The molecule has 0 atom stereocenters. The Morgan fingerprint density at radius 1 is 1.30 bits per heavy atom. The molecule has 3 N–H and O–H groups in total. The Morgan fingerprint density at radius 3 is 2.45 bits per heavy atom. The van der Waals surface area contributed by atoms with E-state index < -0.39 is 10.0 Å². The highest BCUT2D eigenvalue weighted by Crippen LogP contribution is 2.25. The number of hydrogen-bond donors (Lipinski definition) is 2. The normalized spacial score (nSPS) is 11.8. The lowest BCUT2D eigenvalue weighted by Gasteiger charge is -2.15. The van der Waals surface area contributed by atoms with Crippen LogP contribution in [0.25, 0.3) is 0 Å². The van der Waals surface area contributed by atoms with Gasteiger partial charge in [0.05, 0.1) is 7.11 Å². The molecule has 0 bridgehead atoms. The van der Waals surface area contributed by atoms with Gasteiger partial charge in [0, 0.05) is 13.1 Å². The molecule has 1 aromatic rings. The highest BCUT2D eigenvalue weighted by molar-refractivity contribution is 7.89. The van der Waals surface area contributed by atoms with Crippen molar-refractivity contribution < 1.29 is 13.2 Å². The maximum absolute atomic E-state index is 12.4. The van der Waals surface area contributed by atoms with Crippen LogP contribution in [0.1, 0.15) is 32.3 Å². The molecule has 0 heterocycles. The molecule has 1 rings (SSSR count). The van der Waals surface area contributed by atoms with Gasteiger partial charge < -0.3 is 10.5 Å². The molecular weight excluding hydrogens is 276 g/mol. The zero-order valence-corrected chi connectivity index (χ0v) is 13.2. The number of nitrogens with two attached hydrogens (primary N) is 1. The summed E-state index contributed by atoms with van der Waals surface area (Å²) in [7, 11) is -2.13. The summed E-state index contributed by atoms with van der Waals surface area (Å²) in [6, 6.07) is 4.96. The van der Waals surface area contributed by atoms with Gasteiger partial charge >= 0.3 is 0 Å². The van der Waals surface area contributed by atoms with Crippen LogP contribution < -0.4 is 15.2 Å². The summed E-state index contributed by atoms with van der Waals surface area (Å²) in [6.07, 6.45) is 1.89. The first-order chi connectivity index (χ1) is 9.48. The molecule has 0 saturated heterocycles. The molecule has 0 aliphatic rings. The van der Waals surface area contributed by atoms with E-state index in [9.17, 15) is 8.42 Å². The van der Waals surface area contributed by atoms with Gasteiger partial charge in [0.25, 0.3) is 0 Å². The monoisotopic (exact) mass is 300 g/mol. The van der Waals surface area contributed by atoms with Crippen LogP contribution >= 0.6 is 0 Å². The van der Waals surface area contributed by atoms with E-state index in [0.29, 0.717) is 24.8 Å².